The van der Waals surface area contributed by atoms with Crippen molar-refractivity contribution in [2.45, 2.75) is 0 Å². The van der Waals surface area contributed by atoms with E-state index in [1.54, 1.807) is 18.4 Å². The predicted molar refractivity (Wildman–Crippen MR) is 55.1 cm³/mol. The molecule has 0 saturated heterocycles. The topological polar surface area (TPSA) is 9.23 Å². The van der Waals surface area contributed by atoms with Gasteiger partial charge in [0.15, 0.2) is 0 Å². The van der Waals surface area contributed by atoms with E-state index in [0.29, 0.717) is 0 Å². The Morgan fingerprint density at radius 3 is 2.46 bits per heavy atom. The van der Waals surface area contributed by atoms with E-state index in [2.05, 4.69) is 22.9 Å². The maximum atomic E-state index is 5.08. The normalized spacial score (nSPS) is 9.92. The van der Waals surface area contributed by atoms with Crippen LogP contribution in [0.15, 0.2) is 35.7 Å². The Labute approximate surface area is 81.6 Å². The summed E-state index contributed by atoms with van der Waals surface area (Å²) in [7, 11) is 1.67. The lowest BCUT2D eigenvalue weighted by atomic mass is 10.1. The zero-order valence-corrected chi connectivity index (χ0v) is 8.10. The van der Waals surface area contributed by atoms with Gasteiger partial charge in [-0.3, -0.25) is 0 Å². The van der Waals surface area contributed by atoms with Crippen LogP contribution in [0.2, 0.25) is 0 Å². The second kappa shape index (κ2) is 3.62. The molecule has 13 heavy (non-hydrogen) atoms. The van der Waals surface area contributed by atoms with Crippen molar-refractivity contribution in [2.75, 3.05) is 7.11 Å². The summed E-state index contributed by atoms with van der Waals surface area (Å²) >= 11 is 1.59. The molecule has 1 radical (unpaired) electrons. The van der Waals surface area contributed by atoms with E-state index in [9.17, 15) is 0 Å². The molecule has 1 aromatic heterocycles. The Bertz CT molecular complexity index is 361. The van der Waals surface area contributed by atoms with Crippen molar-refractivity contribution in [3.63, 3.8) is 0 Å². The van der Waals surface area contributed by atoms with Gasteiger partial charge in [-0.25, -0.2) is 0 Å². The average Bonchev–Trinajstić information content (AvgIpc) is 2.71. The Morgan fingerprint density at radius 1 is 1.15 bits per heavy atom. The summed E-state index contributed by atoms with van der Waals surface area (Å²) in [6, 6.07) is 10.0. The molecule has 1 aromatic carbocycles. The van der Waals surface area contributed by atoms with Gasteiger partial charge >= 0.3 is 0 Å². The number of hydrogen-bond acceptors (Lipinski definition) is 2. The van der Waals surface area contributed by atoms with E-state index in [4.69, 9.17) is 4.74 Å². The minimum atomic E-state index is 0.892. The number of rotatable bonds is 2. The summed E-state index contributed by atoms with van der Waals surface area (Å²) in [4.78, 5) is 0. The molecule has 0 amide bonds. The molecule has 1 nitrogen and oxygen atoms in total. The van der Waals surface area contributed by atoms with Gasteiger partial charge in [0.1, 0.15) is 5.75 Å². The molecule has 0 fully saturated rings. The smallest absolute Gasteiger partial charge is 0.118 e. The summed E-state index contributed by atoms with van der Waals surface area (Å²) in [6.07, 6.45) is 0. The van der Waals surface area contributed by atoms with Gasteiger partial charge in [0, 0.05) is 5.38 Å². The molecule has 2 rings (SSSR count). The molecule has 0 aliphatic carbocycles. The van der Waals surface area contributed by atoms with Crippen LogP contribution in [-0.2, 0) is 0 Å². The second-order valence-electron chi connectivity index (χ2n) is 2.68. The van der Waals surface area contributed by atoms with Crippen LogP contribution in [0, 0.1) is 5.38 Å². The van der Waals surface area contributed by atoms with Gasteiger partial charge < -0.3 is 4.74 Å². The van der Waals surface area contributed by atoms with Gasteiger partial charge in [-0.05, 0) is 34.7 Å². The highest BCUT2D eigenvalue weighted by molar-refractivity contribution is 7.07. The highest BCUT2D eigenvalue weighted by Crippen LogP contribution is 2.23. The SMILES string of the molecule is COc1ccc(-c2c[c]sc2)cc1. The molecule has 65 valence electrons. The predicted octanol–water partition coefficient (Wildman–Crippen LogP) is 3.22. The van der Waals surface area contributed by atoms with Gasteiger partial charge in [0.25, 0.3) is 0 Å². The molecule has 2 heteroatoms. The molecule has 1 heterocycles. The van der Waals surface area contributed by atoms with Crippen molar-refractivity contribution in [3.05, 3.63) is 41.1 Å². The van der Waals surface area contributed by atoms with Crippen molar-refractivity contribution in [1.29, 1.82) is 0 Å². The van der Waals surface area contributed by atoms with Crippen LogP contribution >= 0.6 is 11.3 Å². The lowest BCUT2D eigenvalue weighted by Crippen LogP contribution is -1.81. The standard InChI is InChI=1S/C11H9OS/c1-12-11-4-2-9(3-5-11)10-6-7-13-8-10/h2-6,8H,1H3. The first-order valence-electron chi connectivity index (χ1n) is 3.99. The molecule has 2 aromatic rings. The Morgan fingerprint density at radius 2 is 1.92 bits per heavy atom. The summed E-state index contributed by atoms with van der Waals surface area (Å²) < 4.78 is 5.08. The maximum Gasteiger partial charge on any atom is 0.118 e. The molecule has 0 N–H and O–H groups in total. The minimum absolute atomic E-state index is 0.892. The number of methoxy groups -OCH3 is 1. The first kappa shape index (κ1) is 8.32. The van der Waals surface area contributed by atoms with E-state index in [0.717, 1.165) is 5.75 Å². The van der Waals surface area contributed by atoms with Crippen LogP contribution in [0.3, 0.4) is 0 Å². The van der Waals surface area contributed by atoms with Crippen molar-refractivity contribution in [1.82, 2.24) is 0 Å². The fraction of sp³-hybridized carbons (Fsp3) is 0.0909. The van der Waals surface area contributed by atoms with Crippen LogP contribution in [0.5, 0.6) is 5.75 Å². The van der Waals surface area contributed by atoms with Gasteiger partial charge in [-0.1, -0.05) is 12.1 Å². The third kappa shape index (κ3) is 1.73. The number of benzene rings is 1. The van der Waals surface area contributed by atoms with Crippen LogP contribution < -0.4 is 4.74 Å². The first-order chi connectivity index (χ1) is 6.40. The largest absolute Gasteiger partial charge is 0.497 e. The Balaban J connectivity index is 2.33. The highest BCUT2D eigenvalue weighted by atomic mass is 32.1. The number of thiophene rings is 1. The summed E-state index contributed by atoms with van der Waals surface area (Å²) in [5.74, 6) is 0.892. The van der Waals surface area contributed by atoms with E-state index in [-0.39, 0.29) is 0 Å². The summed E-state index contributed by atoms with van der Waals surface area (Å²) in [5, 5.41) is 5.15. The molecule has 0 spiro atoms. The van der Waals surface area contributed by atoms with Crippen molar-refractivity contribution in [2.24, 2.45) is 0 Å². The van der Waals surface area contributed by atoms with Crippen LogP contribution in [0.1, 0.15) is 0 Å². The second-order valence-corrected chi connectivity index (χ2v) is 3.39. The van der Waals surface area contributed by atoms with Gasteiger partial charge in [0.2, 0.25) is 0 Å². The monoisotopic (exact) mass is 189 g/mol. The highest BCUT2D eigenvalue weighted by Gasteiger charge is 1.97. The fourth-order valence-corrected chi connectivity index (χ4v) is 1.76. The summed E-state index contributed by atoms with van der Waals surface area (Å²) in [5.41, 5.74) is 2.42. The molecule has 0 atom stereocenters. The van der Waals surface area contributed by atoms with E-state index < -0.39 is 0 Å². The van der Waals surface area contributed by atoms with Crippen molar-refractivity contribution in [3.8, 4) is 16.9 Å². The zero-order chi connectivity index (χ0) is 9.10. The van der Waals surface area contributed by atoms with Crippen molar-refractivity contribution >= 4 is 11.3 Å². The Kier molecular flexibility index (Phi) is 2.32. The molecule has 0 bridgehead atoms. The van der Waals surface area contributed by atoms with E-state index >= 15 is 0 Å². The van der Waals surface area contributed by atoms with Gasteiger partial charge in [-0.2, -0.15) is 0 Å². The van der Waals surface area contributed by atoms with E-state index in [1.165, 1.54) is 11.1 Å². The van der Waals surface area contributed by atoms with Crippen LogP contribution in [-0.4, -0.2) is 7.11 Å². The number of ether oxygens (including phenoxy) is 1. The Hall–Kier alpha value is -1.28. The van der Waals surface area contributed by atoms with Gasteiger partial charge in [-0.15, -0.1) is 11.3 Å². The quantitative estimate of drug-likeness (QED) is 0.704. The molecule has 0 aliphatic rings. The van der Waals surface area contributed by atoms with Crippen LogP contribution in [0.4, 0.5) is 0 Å². The lowest BCUT2D eigenvalue weighted by Gasteiger charge is -2.00. The van der Waals surface area contributed by atoms with Crippen molar-refractivity contribution < 1.29 is 4.74 Å². The molecule has 0 aliphatic heterocycles. The van der Waals surface area contributed by atoms with Gasteiger partial charge in [0.05, 0.1) is 7.11 Å². The average molecular weight is 189 g/mol. The lowest BCUT2D eigenvalue weighted by molar-refractivity contribution is 0.415. The number of hydrogen-bond donors (Lipinski definition) is 0. The third-order valence-electron chi connectivity index (χ3n) is 1.89. The summed E-state index contributed by atoms with van der Waals surface area (Å²) in [6.45, 7) is 0. The van der Waals surface area contributed by atoms with Crippen LogP contribution in [0.25, 0.3) is 11.1 Å². The third-order valence-corrected chi connectivity index (χ3v) is 2.52. The molecular weight excluding hydrogens is 180 g/mol. The fourth-order valence-electron chi connectivity index (χ4n) is 1.16. The maximum absolute atomic E-state index is 5.08. The zero-order valence-electron chi connectivity index (χ0n) is 7.28. The van der Waals surface area contributed by atoms with E-state index in [1.807, 2.05) is 18.2 Å². The first-order valence-corrected chi connectivity index (χ1v) is 4.87. The molecular formula is C11H9OS. The molecule has 0 unspecified atom stereocenters. The minimum Gasteiger partial charge on any atom is -0.497 e. The molecule has 0 saturated carbocycles.